The van der Waals surface area contributed by atoms with Crippen molar-refractivity contribution in [3.8, 4) is 11.7 Å². The van der Waals surface area contributed by atoms with Crippen molar-refractivity contribution in [3.63, 3.8) is 0 Å². The number of carboxylic acids is 1. The Morgan fingerprint density at radius 1 is 1.21 bits per heavy atom. The maximum Gasteiger partial charge on any atom is 0.397 e. The number of thioether (sulfide) groups is 1. The lowest BCUT2D eigenvalue weighted by molar-refractivity contribution is -0.219. The monoisotopic (exact) mass is 502 g/mol. The smallest absolute Gasteiger partial charge is 0.397 e. The SMILES string of the molecule is CCCC(C)(C)N(CCSC)c1nc(-n2ccc(OCC(C)(C)C(F)(F)F)n2)ccc1C(=O)O. The molecule has 34 heavy (non-hydrogen) atoms. The van der Waals surface area contributed by atoms with E-state index in [-0.39, 0.29) is 17.0 Å². The van der Waals surface area contributed by atoms with Crippen molar-refractivity contribution in [1.29, 1.82) is 0 Å². The van der Waals surface area contributed by atoms with Crippen LogP contribution in [0.25, 0.3) is 5.82 Å². The zero-order chi connectivity index (χ0) is 25.7. The van der Waals surface area contributed by atoms with Crippen LogP contribution in [0, 0.1) is 5.41 Å². The molecule has 190 valence electrons. The van der Waals surface area contributed by atoms with E-state index in [0.717, 1.165) is 32.4 Å². The second-order valence-corrected chi connectivity index (χ2v) is 10.3. The summed E-state index contributed by atoms with van der Waals surface area (Å²) < 4.78 is 46.0. The van der Waals surface area contributed by atoms with E-state index in [9.17, 15) is 23.1 Å². The second kappa shape index (κ2) is 10.9. The largest absolute Gasteiger partial charge is 0.478 e. The van der Waals surface area contributed by atoms with Crippen LogP contribution in [0.1, 0.15) is 57.8 Å². The summed E-state index contributed by atoms with van der Waals surface area (Å²) in [7, 11) is 0. The number of anilines is 1. The van der Waals surface area contributed by atoms with E-state index in [0.29, 0.717) is 18.2 Å². The third kappa shape index (κ3) is 6.58. The number of aromatic nitrogens is 3. The van der Waals surface area contributed by atoms with Gasteiger partial charge in [-0.1, -0.05) is 13.3 Å². The fraction of sp³-hybridized carbons (Fsp3) is 0.609. The summed E-state index contributed by atoms with van der Waals surface area (Å²) in [5.74, 6) is 0.385. The normalized spacial score (nSPS) is 12.6. The van der Waals surface area contributed by atoms with Gasteiger partial charge in [0.2, 0.25) is 5.88 Å². The van der Waals surface area contributed by atoms with Crippen LogP contribution in [0.5, 0.6) is 5.88 Å². The summed E-state index contributed by atoms with van der Waals surface area (Å²) in [4.78, 5) is 18.6. The van der Waals surface area contributed by atoms with Crippen molar-refractivity contribution in [2.24, 2.45) is 5.41 Å². The van der Waals surface area contributed by atoms with Crippen molar-refractivity contribution in [2.75, 3.05) is 30.1 Å². The van der Waals surface area contributed by atoms with Crippen molar-refractivity contribution in [3.05, 3.63) is 30.0 Å². The molecule has 1 N–H and O–H groups in total. The Hall–Kier alpha value is -2.43. The number of carbonyl (C=O) groups is 1. The number of carboxylic acid groups (broad SMARTS) is 1. The van der Waals surface area contributed by atoms with Gasteiger partial charge in [0.05, 0.1) is 5.41 Å². The van der Waals surface area contributed by atoms with Gasteiger partial charge in [-0.2, -0.15) is 24.9 Å². The molecule has 0 saturated heterocycles. The molecule has 0 saturated carbocycles. The van der Waals surface area contributed by atoms with Gasteiger partial charge >= 0.3 is 12.1 Å². The molecule has 2 heterocycles. The number of alkyl halides is 3. The van der Waals surface area contributed by atoms with Gasteiger partial charge in [-0.05, 0) is 52.5 Å². The minimum absolute atomic E-state index is 0.0218. The van der Waals surface area contributed by atoms with Gasteiger partial charge in [-0.15, -0.1) is 5.10 Å². The Bertz CT molecular complexity index is 977. The van der Waals surface area contributed by atoms with Crippen molar-refractivity contribution >= 4 is 23.5 Å². The lowest BCUT2D eigenvalue weighted by Gasteiger charge is -2.40. The van der Waals surface area contributed by atoms with Crippen LogP contribution in [0.2, 0.25) is 0 Å². The van der Waals surface area contributed by atoms with Crippen LogP contribution in [-0.2, 0) is 0 Å². The molecule has 0 aromatic carbocycles. The van der Waals surface area contributed by atoms with Gasteiger partial charge in [-0.3, -0.25) is 0 Å². The lowest BCUT2D eigenvalue weighted by Crippen LogP contribution is -2.46. The second-order valence-electron chi connectivity index (χ2n) is 9.32. The van der Waals surface area contributed by atoms with Gasteiger partial charge in [0.25, 0.3) is 0 Å². The maximum atomic E-state index is 13.1. The Balaban J connectivity index is 2.42. The molecule has 0 bridgehead atoms. The zero-order valence-corrected chi connectivity index (χ0v) is 21.3. The van der Waals surface area contributed by atoms with Gasteiger partial charge in [0, 0.05) is 30.1 Å². The van der Waals surface area contributed by atoms with Gasteiger partial charge < -0.3 is 14.7 Å². The Morgan fingerprint density at radius 2 is 1.88 bits per heavy atom. The van der Waals surface area contributed by atoms with Crippen molar-refractivity contribution in [1.82, 2.24) is 14.8 Å². The van der Waals surface area contributed by atoms with E-state index < -0.39 is 24.2 Å². The van der Waals surface area contributed by atoms with Crippen LogP contribution in [-0.4, -0.2) is 62.7 Å². The van der Waals surface area contributed by atoms with Crippen LogP contribution in [0.15, 0.2) is 24.4 Å². The highest BCUT2D eigenvalue weighted by Crippen LogP contribution is 2.37. The fourth-order valence-electron chi connectivity index (χ4n) is 3.41. The number of ether oxygens (including phenoxy) is 1. The first-order valence-electron chi connectivity index (χ1n) is 11.0. The minimum atomic E-state index is -4.41. The molecule has 2 aromatic rings. The third-order valence-electron chi connectivity index (χ3n) is 5.61. The lowest BCUT2D eigenvalue weighted by atomic mass is 9.94. The summed E-state index contributed by atoms with van der Waals surface area (Å²) in [6.07, 6.45) is 0.842. The average molecular weight is 503 g/mol. The summed E-state index contributed by atoms with van der Waals surface area (Å²) in [6.45, 7) is 8.32. The van der Waals surface area contributed by atoms with E-state index in [1.807, 2.05) is 11.2 Å². The number of rotatable bonds is 12. The highest BCUT2D eigenvalue weighted by molar-refractivity contribution is 7.98. The molecule has 2 rings (SSSR count). The van der Waals surface area contributed by atoms with Crippen molar-refractivity contribution < 1.29 is 27.8 Å². The quantitative estimate of drug-likeness (QED) is 0.400. The number of hydrogen-bond acceptors (Lipinski definition) is 6. The molecule has 0 radical (unpaired) electrons. The number of nitrogens with zero attached hydrogens (tertiary/aromatic N) is 4. The Kier molecular flexibility index (Phi) is 8.90. The maximum absolute atomic E-state index is 13.1. The van der Waals surface area contributed by atoms with Crippen LogP contribution < -0.4 is 9.64 Å². The third-order valence-corrected chi connectivity index (χ3v) is 6.20. The summed E-state index contributed by atoms with van der Waals surface area (Å²) in [5.41, 5.74) is -2.31. The van der Waals surface area contributed by atoms with Crippen molar-refractivity contribution in [2.45, 2.75) is 59.2 Å². The molecular formula is C23H33F3N4O3S. The van der Waals surface area contributed by atoms with E-state index in [1.54, 1.807) is 11.8 Å². The number of pyridine rings is 1. The molecule has 0 atom stereocenters. The molecule has 0 amide bonds. The summed E-state index contributed by atoms with van der Waals surface area (Å²) in [6, 6.07) is 4.44. The highest BCUT2D eigenvalue weighted by Gasteiger charge is 2.48. The summed E-state index contributed by atoms with van der Waals surface area (Å²) in [5, 5.41) is 14.0. The fourth-order valence-corrected chi connectivity index (χ4v) is 3.78. The molecular weight excluding hydrogens is 469 g/mol. The molecule has 2 aromatic heterocycles. The molecule has 0 aliphatic rings. The number of halogens is 3. The molecule has 11 heteroatoms. The van der Waals surface area contributed by atoms with Crippen LogP contribution >= 0.6 is 11.8 Å². The molecule has 7 nitrogen and oxygen atoms in total. The number of hydrogen-bond donors (Lipinski definition) is 1. The molecule has 0 aliphatic heterocycles. The highest BCUT2D eigenvalue weighted by atomic mass is 32.2. The zero-order valence-electron chi connectivity index (χ0n) is 20.4. The van der Waals surface area contributed by atoms with E-state index in [1.165, 1.54) is 29.1 Å². The van der Waals surface area contributed by atoms with Crippen LogP contribution in [0.3, 0.4) is 0 Å². The average Bonchev–Trinajstić information content (AvgIpc) is 3.20. The molecule has 0 unspecified atom stereocenters. The topological polar surface area (TPSA) is 80.5 Å². The molecule has 0 spiro atoms. The number of aromatic carboxylic acids is 1. The first-order chi connectivity index (χ1) is 15.7. The van der Waals surface area contributed by atoms with Gasteiger partial charge in [0.15, 0.2) is 5.82 Å². The van der Waals surface area contributed by atoms with E-state index in [2.05, 4.69) is 30.9 Å². The summed E-state index contributed by atoms with van der Waals surface area (Å²) >= 11 is 1.65. The predicted octanol–water partition coefficient (Wildman–Crippen LogP) is 5.68. The molecule has 0 fully saturated rings. The standard InChI is InChI=1S/C23H33F3N4O3S/c1-7-11-22(4,5)29(13-14-34-6)19-16(20(31)32)8-9-17(27-19)30-12-10-18(28-30)33-15-21(2,3)23(24,25)26/h8-10,12H,7,11,13-15H2,1-6H3,(H,31,32). The van der Waals surface area contributed by atoms with E-state index in [4.69, 9.17) is 4.74 Å². The van der Waals surface area contributed by atoms with Crippen LogP contribution in [0.4, 0.5) is 19.0 Å². The minimum Gasteiger partial charge on any atom is -0.478 e. The Morgan fingerprint density at radius 3 is 2.44 bits per heavy atom. The first kappa shape index (κ1) is 27.8. The van der Waals surface area contributed by atoms with Gasteiger partial charge in [0.1, 0.15) is 18.0 Å². The van der Waals surface area contributed by atoms with Gasteiger partial charge in [-0.25, -0.2) is 14.5 Å². The Labute approximate surface area is 202 Å². The molecule has 0 aliphatic carbocycles. The predicted molar refractivity (Wildman–Crippen MR) is 128 cm³/mol. The van der Waals surface area contributed by atoms with E-state index >= 15 is 0 Å². The first-order valence-corrected chi connectivity index (χ1v) is 12.4.